The molecule has 0 radical (unpaired) electrons. The molecule has 144 valence electrons. The number of hydrogen-bond acceptors (Lipinski definition) is 8. The zero-order chi connectivity index (χ0) is 20.7. The summed E-state index contributed by atoms with van der Waals surface area (Å²) in [4.78, 5) is 21.3. The van der Waals surface area contributed by atoms with Crippen molar-refractivity contribution in [3.63, 3.8) is 0 Å². The van der Waals surface area contributed by atoms with Crippen LogP contribution >= 0.6 is 0 Å². The van der Waals surface area contributed by atoms with Crippen LogP contribution in [-0.4, -0.2) is 25.9 Å². The van der Waals surface area contributed by atoms with Gasteiger partial charge in [0.2, 0.25) is 0 Å². The van der Waals surface area contributed by atoms with E-state index in [0.717, 1.165) is 12.1 Å². The van der Waals surface area contributed by atoms with Gasteiger partial charge in [-0.15, -0.1) is 0 Å². The molecule has 0 aromatic heterocycles. The van der Waals surface area contributed by atoms with Crippen molar-refractivity contribution in [2.24, 2.45) is 0 Å². The molecule has 2 rings (SSSR count). The van der Waals surface area contributed by atoms with Crippen molar-refractivity contribution in [1.29, 1.82) is 5.26 Å². The zero-order valence-electron chi connectivity index (χ0n) is 14.6. The Kier molecular flexibility index (Phi) is 6.46. The molecule has 0 heterocycles. The standard InChI is InChI=1S/C18H14N2O7S/c1-2-26-18(21)14(12-19)10-13-6-5-7-15(11-13)27-28(24,25)17-9-4-3-8-16(17)20(22)23/h3-11H,2H2,1H3/b14-10+. The Bertz CT molecular complexity index is 1090. The average Bonchev–Trinajstić information content (AvgIpc) is 2.66. The number of para-hydroxylation sites is 1. The molecule has 2 aromatic carbocycles. The van der Waals surface area contributed by atoms with Gasteiger partial charge in [-0.1, -0.05) is 24.3 Å². The smallest absolute Gasteiger partial charge is 0.348 e. The number of rotatable bonds is 7. The SMILES string of the molecule is CCOC(=O)/C(C#N)=C/c1cccc(OS(=O)(=O)c2ccccc2[N+](=O)[O-])c1. The predicted octanol–water partition coefficient (Wildman–Crippen LogP) is 2.83. The zero-order valence-corrected chi connectivity index (χ0v) is 15.4. The van der Waals surface area contributed by atoms with Gasteiger partial charge in [-0.3, -0.25) is 10.1 Å². The summed E-state index contributed by atoms with van der Waals surface area (Å²) in [5.74, 6) is -0.961. The molecule has 0 bridgehead atoms. The summed E-state index contributed by atoms with van der Waals surface area (Å²) in [5.41, 5.74) is -0.590. The maximum atomic E-state index is 12.4. The first-order valence-corrected chi connectivity index (χ1v) is 9.26. The first-order valence-electron chi connectivity index (χ1n) is 7.85. The van der Waals surface area contributed by atoms with Gasteiger partial charge < -0.3 is 8.92 Å². The molecule has 2 aromatic rings. The van der Waals surface area contributed by atoms with Crippen LogP contribution in [0.1, 0.15) is 12.5 Å². The minimum atomic E-state index is -4.48. The Labute approximate surface area is 160 Å². The highest BCUT2D eigenvalue weighted by atomic mass is 32.2. The van der Waals surface area contributed by atoms with E-state index in [1.807, 2.05) is 0 Å². The molecule has 0 saturated heterocycles. The second-order valence-electron chi connectivity index (χ2n) is 5.23. The van der Waals surface area contributed by atoms with Crippen LogP contribution in [-0.2, 0) is 19.6 Å². The number of benzene rings is 2. The highest BCUT2D eigenvalue weighted by molar-refractivity contribution is 7.87. The van der Waals surface area contributed by atoms with Gasteiger partial charge in [-0.2, -0.15) is 13.7 Å². The first-order chi connectivity index (χ1) is 13.3. The molecule has 0 atom stereocenters. The van der Waals surface area contributed by atoms with Gasteiger partial charge in [0.1, 0.15) is 17.4 Å². The number of carbonyl (C=O) groups excluding carboxylic acids is 1. The fraction of sp³-hybridized carbons (Fsp3) is 0.111. The lowest BCUT2D eigenvalue weighted by atomic mass is 10.1. The Morgan fingerprint density at radius 2 is 1.96 bits per heavy atom. The van der Waals surface area contributed by atoms with Gasteiger partial charge >= 0.3 is 16.1 Å². The molecule has 0 saturated carbocycles. The minimum absolute atomic E-state index is 0.0924. The van der Waals surface area contributed by atoms with E-state index in [1.165, 1.54) is 42.5 Å². The lowest BCUT2D eigenvalue weighted by Crippen LogP contribution is -2.12. The van der Waals surface area contributed by atoms with E-state index in [1.54, 1.807) is 13.0 Å². The lowest BCUT2D eigenvalue weighted by Gasteiger charge is -2.08. The van der Waals surface area contributed by atoms with E-state index in [-0.39, 0.29) is 17.9 Å². The molecule has 0 fully saturated rings. The van der Waals surface area contributed by atoms with Crippen molar-refractivity contribution >= 4 is 27.9 Å². The Hall–Kier alpha value is -3.71. The molecule has 10 heteroatoms. The van der Waals surface area contributed by atoms with Crippen LogP contribution in [0, 0.1) is 21.4 Å². The van der Waals surface area contributed by atoms with Crippen LogP contribution in [0.3, 0.4) is 0 Å². The summed E-state index contributed by atoms with van der Waals surface area (Å²) in [7, 11) is -4.48. The number of nitro benzene ring substituents is 1. The third-order valence-corrected chi connectivity index (χ3v) is 4.62. The van der Waals surface area contributed by atoms with Gasteiger partial charge in [-0.25, -0.2) is 4.79 Å². The summed E-state index contributed by atoms with van der Waals surface area (Å²) < 4.78 is 34.6. The molecule has 0 aliphatic carbocycles. The summed E-state index contributed by atoms with van der Waals surface area (Å²) in [5, 5.41) is 20.1. The van der Waals surface area contributed by atoms with Crippen molar-refractivity contribution in [2.75, 3.05) is 6.61 Å². The highest BCUT2D eigenvalue weighted by Gasteiger charge is 2.27. The van der Waals surface area contributed by atoms with Crippen molar-refractivity contribution in [3.8, 4) is 11.8 Å². The van der Waals surface area contributed by atoms with Gasteiger partial charge in [0.05, 0.1) is 11.5 Å². The number of esters is 1. The normalized spacial score (nSPS) is 11.4. The van der Waals surface area contributed by atoms with Crippen LogP contribution in [0.4, 0.5) is 5.69 Å². The molecule has 0 N–H and O–H groups in total. The van der Waals surface area contributed by atoms with E-state index in [0.29, 0.717) is 5.56 Å². The largest absolute Gasteiger partial charge is 0.462 e. The third-order valence-electron chi connectivity index (χ3n) is 3.32. The molecule has 0 spiro atoms. The monoisotopic (exact) mass is 402 g/mol. The predicted molar refractivity (Wildman–Crippen MR) is 97.6 cm³/mol. The van der Waals surface area contributed by atoms with Crippen molar-refractivity contribution in [2.45, 2.75) is 11.8 Å². The molecule has 0 unspecified atom stereocenters. The molecule has 0 aliphatic rings. The Balaban J connectivity index is 2.36. The van der Waals surface area contributed by atoms with E-state index in [4.69, 9.17) is 14.2 Å². The number of hydrogen-bond donors (Lipinski definition) is 0. The van der Waals surface area contributed by atoms with E-state index in [9.17, 15) is 23.3 Å². The quantitative estimate of drug-likeness (QED) is 0.172. The van der Waals surface area contributed by atoms with E-state index in [2.05, 4.69) is 0 Å². The van der Waals surface area contributed by atoms with Gasteiger partial charge in [0.25, 0.3) is 5.69 Å². The van der Waals surface area contributed by atoms with Crippen LogP contribution in [0.2, 0.25) is 0 Å². The highest BCUT2D eigenvalue weighted by Crippen LogP contribution is 2.27. The van der Waals surface area contributed by atoms with E-state index >= 15 is 0 Å². The second kappa shape index (κ2) is 8.79. The number of nitro groups is 1. The maximum absolute atomic E-state index is 12.4. The van der Waals surface area contributed by atoms with Crippen LogP contribution in [0.5, 0.6) is 5.75 Å². The van der Waals surface area contributed by atoms with Gasteiger partial charge in [0, 0.05) is 6.07 Å². The first kappa shape index (κ1) is 20.6. The van der Waals surface area contributed by atoms with Crippen molar-refractivity contribution in [1.82, 2.24) is 0 Å². The fourth-order valence-corrected chi connectivity index (χ4v) is 3.25. The van der Waals surface area contributed by atoms with Crippen LogP contribution < -0.4 is 4.18 Å². The molecule has 0 amide bonds. The third kappa shape index (κ3) is 4.93. The topological polar surface area (TPSA) is 137 Å². The number of nitrogens with zero attached hydrogens (tertiary/aromatic N) is 2. The van der Waals surface area contributed by atoms with Gasteiger partial charge in [0.15, 0.2) is 4.90 Å². The van der Waals surface area contributed by atoms with Gasteiger partial charge in [-0.05, 0) is 36.8 Å². The van der Waals surface area contributed by atoms with Crippen molar-refractivity contribution in [3.05, 3.63) is 69.8 Å². The lowest BCUT2D eigenvalue weighted by molar-refractivity contribution is -0.387. The van der Waals surface area contributed by atoms with Crippen molar-refractivity contribution < 1.29 is 27.1 Å². The molecular weight excluding hydrogens is 388 g/mol. The molecule has 9 nitrogen and oxygen atoms in total. The number of nitriles is 1. The fourth-order valence-electron chi connectivity index (χ4n) is 2.16. The second-order valence-corrected chi connectivity index (χ2v) is 6.74. The van der Waals surface area contributed by atoms with E-state index < -0.39 is 31.6 Å². The number of carbonyl (C=O) groups is 1. The molecular formula is C18H14N2O7S. The molecule has 28 heavy (non-hydrogen) atoms. The summed E-state index contributed by atoms with van der Waals surface area (Å²) in [6, 6.07) is 12.0. The summed E-state index contributed by atoms with van der Waals surface area (Å²) in [6.45, 7) is 1.68. The maximum Gasteiger partial charge on any atom is 0.348 e. The summed E-state index contributed by atoms with van der Waals surface area (Å²) in [6.07, 6.45) is 1.21. The van der Waals surface area contributed by atoms with Crippen LogP contribution in [0.15, 0.2) is 59.0 Å². The number of ether oxygens (including phenoxy) is 1. The molecule has 0 aliphatic heterocycles. The van der Waals surface area contributed by atoms with Crippen LogP contribution in [0.25, 0.3) is 6.08 Å². The average molecular weight is 402 g/mol. The Morgan fingerprint density at radius 1 is 1.25 bits per heavy atom. The summed E-state index contributed by atoms with van der Waals surface area (Å²) >= 11 is 0. The Morgan fingerprint density at radius 3 is 2.61 bits per heavy atom. The minimum Gasteiger partial charge on any atom is -0.462 e.